The molecular formula is C11H11N2O4PS. The molecule has 6 nitrogen and oxygen atoms in total. The van der Waals surface area contributed by atoms with Crippen LogP contribution in [0, 0.1) is 0 Å². The minimum atomic E-state index is -3.78. The third-order valence-electron chi connectivity index (χ3n) is 2.06. The van der Waals surface area contributed by atoms with Crippen LogP contribution in [0.2, 0.25) is 0 Å². The van der Waals surface area contributed by atoms with E-state index in [0.29, 0.717) is 12.5 Å². The average molecular weight is 298 g/mol. The highest BCUT2D eigenvalue weighted by molar-refractivity contribution is 8.06. The van der Waals surface area contributed by atoms with Crippen LogP contribution in [0.1, 0.15) is 5.56 Å². The van der Waals surface area contributed by atoms with Crippen LogP contribution >= 0.6 is 6.72 Å². The van der Waals surface area contributed by atoms with Gasteiger partial charge in [0, 0.05) is 23.9 Å². The largest absolute Gasteiger partial charge is 0.472 e. The molecule has 100 valence electrons. The molecule has 0 aliphatic heterocycles. The summed E-state index contributed by atoms with van der Waals surface area (Å²) in [6.07, 6.45) is 0. The molecule has 2 aromatic rings. The van der Waals surface area contributed by atoms with Gasteiger partial charge >= 0.3 is 6.72 Å². The van der Waals surface area contributed by atoms with E-state index >= 15 is 0 Å². The van der Waals surface area contributed by atoms with E-state index < -0.39 is 6.72 Å². The average Bonchev–Trinajstić information content (AvgIpc) is 2.37. The lowest BCUT2D eigenvalue weighted by atomic mass is 10.2. The zero-order valence-electron chi connectivity index (χ0n) is 9.71. The van der Waals surface area contributed by atoms with Crippen LogP contribution in [-0.2, 0) is 18.4 Å². The molecule has 1 aromatic carbocycles. The predicted octanol–water partition coefficient (Wildman–Crippen LogP) is 1.64. The highest BCUT2D eigenvalue weighted by atomic mass is 32.5. The van der Waals surface area contributed by atoms with Crippen molar-refractivity contribution in [2.24, 2.45) is 0 Å². The molecule has 0 atom stereocenters. The molecule has 0 aliphatic carbocycles. The van der Waals surface area contributed by atoms with Crippen molar-refractivity contribution in [2.75, 3.05) is 0 Å². The summed E-state index contributed by atoms with van der Waals surface area (Å²) in [5.41, 5.74) is 1.01. The number of hydrogen-bond donors (Lipinski definition) is 2. The standard InChI is InChI=1S/C11H11N2O4PS/c14-18(15,19)17-11-7-6-10(12-13-11)16-8-9-4-2-1-3-5-9/h1-7H,8H2,(H2,14,15,19). The first-order valence-electron chi connectivity index (χ1n) is 5.28. The van der Waals surface area contributed by atoms with E-state index in [1.165, 1.54) is 12.1 Å². The molecule has 1 aromatic heterocycles. The Kier molecular flexibility index (Phi) is 4.44. The Morgan fingerprint density at radius 3 is 2.21 bits per heavy atom. The number of benzene rings is 1. The van der Waals surface area contributed by atoms with Crippen LogP contribution in [0.15, 0.2) is 42.5 Å². The van der Waals surface area contributed by atoms with Gasteiger partial charge < -0.3 is 19.0 Å². The smallest absolute Gasteiger partial charge is 0.376 e. The van der Waals surface area contributed by atoms with Crippen molar-refractivity contribution in [3.63, 3.8) is 0 Å². The summed E-state index contributed by atoms with van der Waals surface area (Å²) in [4.78, 5) is 17.9. The second-order valence-electron chi connectivity index (χ2n) is 3.57. The van der Waals surface area contributed by atoms with Crippen molar-refractivity contribution in [3.8, 4) is 11.8 Å². The van der Waals surface area contributed by atoms with Crippen molar-refractivity contribution in [2.45, 2.75) is 6.61 Å². The van der Waals surface area contributed by atoms with E-state index in [2.05, 4.69) is 26.5 Å². The molecule has 0 saturated carbocycles. The fourth-order valence-corrected chi connectivity index (χ4v) is 1.86. The first-order chi connectivity index (χ1) is 9.03. The van der Waals surface area contributed by atoms with E-state index in [1.54, 1.807) is 0 Å². The van der Waals surface area contributed by atoms with Gasteiger partial charge in [0.25, 0.3) is 0 Å². The molecule has 0 aliphatic rings. The van der Waals surface area contributed by atoms with Gasteiger partial charge in [0.15, 0.2) is 0 Å². The lowest BCUT2D eigenvalue weighted by molar-refractivity contribution is 0.287. The second kappa shape index (κ2) is 6.08. The number of nitrogens with zero attached hydrogens (tertiary/aromatic N) is 2. The van der Waals surface area contributed by atoms with Crippen LogP contribution < -0.4 is 9.26 Å². The van der Waals surface area contributed by atoms with Gasteiger partial charge in [-0.2, -0.15) is 0 Å². The summed E-state index contributed by atoms with van der Waals surface area (Å²) >= 11 is 4.32. The second-order valence-corrected chi connectivity index (χ2v) is 6.16. The minimum Gasteiger partial charge on any atom is -0.472 e. The summed E-state index contributed by atoms with van der Waals surface area (Å²) in [5, 5.41) is 7.35. The van der Waals surface area contributed by atoms with Crippen LogP contribution in [0.25, 0.3) is 0 Å². The highest BCUT2D eigenvalue weighted by Crippen LogP contribution is 2.36. The molecule has 0 fully saturated rings. The highest BCUT2D eigenvalue weighted by Gasteiger charge is 2.11. The molecule has 2 rings (SSSR count). The maximum absolute atomic E-state index is 8.95. The van der Waals surface area contributed by atoms with Crippen molar-refractivity contribution in [1.29, 1.82) is 0 Å². The third-order valence-corrected chi connectivity index (χ3v) is 2.71. The molecular weight excluding hydrogens is 287 g/mol. The zero-order chi connectivity index (χ0) is 13.7. The van der Waals surface area contributed by atoms with E-state index in [1.807, 2.05) is 30.3 Å². The maximum Gasteiger partial charge on any atom is 0.376 e. The van der Waals surface area contributed by atoms with Gasteiger partial charge in [0.05, 0.1) is 0 Å². The molecule has 19 heavy (non-hydrogen) atoms. The lowest BCUT2D eigenvalue weighted by Crippen LogP contribution is -1.99. The number of ether oxygens (including phenoxy) is 1. The van der Waals surface area contributed by atoms with Gasteiger partial charge in [0.1, 0.15) is 6.61 Å². The van der Waals surface area contributed by atoms with Crippen molar-refractivity contribution in [1.82, 2.24) is 10.2 Å². The molecule has 0 spiro atoms. The SMILES string of the molecule is OP(O)(=S)Oc1ccc(OCc2ccccc2)nn1. The first-order valence-corrected chi connectivity index (χ1v) is 7.91. The minimum absolute atomic E-state index is 0.0552. The normalized spacial score (nSPS) is 11.1. The Labute approximate surface area is 114 Å². The molecule has 0 saturated heterocycles. The summed E-state index contributed by atoms with van der Waals surface area (Å²) in [6.45, 7) is -3.41. The Hall–Kier alpha value is -1.53. The predicted molar refractivity (Wildman–Crippen MR) is 72.2 cm³/mol. The van der Waals surface area contributed by atoms with Gasteiger partial charge in [-0.25, -0.2) is 0 Å². The van der Waals surface area contributed by atoms with Crippen molar-refractivity contribution < 1.29 is 19.0 Å². The maximum atomic E-state index is 8.95. The van der Waals surface area contributed by atoms with Crippen LogP contribution in [0.3, 0.4) is 0 Å². The molecule has 0 unspecified atom stereocenters. The van der Waals surface area contributed by atoms with E-state index in [0.717, 1.165) is 5.56 Å². The van der Waals surface area contributed by atoms with Crippen LogP contribution in [0.4, 0.5) is 0 Å². The molecule has 8 heteroatoms. The van der Waals surface area contributed by atoms with E-state index in [4.69, 9.17) is 14.5 Å². The first kappa shape index (κ1) is 13.9. The molecule has 0 amide bonds. The van der Waals surface area contributed by atoms with Crippen molar-refractivity contribution in [3.05, 3.63) is 48.0 Å². The zero-order valence-corrected chi connectivity index (χ0v) is 11.4. The lowest BCUT2D eigenvalue weighted by Gasteiger charge is -2.08. The summed E-state index contributed by atoms with van der Waals surface area (Å²) in [5.74, 6) is 0.251. The van der Waals surface area contributed by atoms with Crippen molar-refractivity contribution >= 4 is 18.5 Å². The van der Waals surface area contributed by atoms with E-state index in [9.17, 15) is 0 Å². The number of hydrogen-bond acceptors (Lipinski definition) is 5. The molecule has 2 N–H and O–H groups in total. The fraction of sp³-hybridized carbons (Fsp3) is 0.0909. The topological polar surface area (TPSA) is 84.7 Å². The Morgan fingerprint density at radius 1 is 1.00 bits per heavy atom. The fourth-order valence-electron chi connectivity index (χ4n) is 1.29. The van der Waals surface area contributed by atoms with Gasteiger partial charge in [-0.1, -0.05) is 30.3 Å². The van der Waals surface area contributed by atoms with Crippen LogP contribution in [0.5, 0.6) is 11.8 Å². The third kappa shape index (κ3) is 4.92. The number of rotatable bonds is 5. The quantitative estimate of drug-likeness (QED) is 0.812. The molecule has 0 bridgehead atoms. The van der Waals surface area contributed by atoms with Gasteiger partial charge in [-0.15, -0.1) is 10.2 Å². The van der Waals surface area contributed by atoms with Crippen LogP contribution in [-0.4, -0.2) is 20.0 Å². The van der Waals surface area contributed by atoms with Gasteiger partial charge in [-0.05, 0) is 5.56 Å². The summed E-state index contributed by atoms with van der Waals surface area (Å²) in [7, 11) is 0. The molecule has 0 radical (unpaired) electrons. The van der Waals surface area contributed by atoms with E-state index in [-0.39, 0.29) is 5.88 Å². The summed E-state index contributed by atoms with van der Waals surface area (Å²) < 4.78 is 10.0. The Morgan fingerprint density at radius 2 is 1.63 bits per heavy atom. The molecule has 1 heterocycles. The number of aromatic nitrogens is 2. The summed E-state index contributed by atoms with van der Waals surface area (Å²) in [6, 6.07) is 12.5. The van der Waals surface area contributed by atoms with Gasteiger partial charge in [0.2, 0.25) is 11.8 Å². The monoisotopic (exact) mass is 298 g/mol. The van der Waals surface area contributed by atoms with Gasteiger partial charge in [-0.3, -0.25) is 0 Å². The Bertz CT molecular complexity index is 573. The Balaban J connectivity index is 1.94.